The summed E-state index contributed by atoms with van der Waals surface area (Å²) in [6.07, 6.45) is 0.747. The number of likely N-dealkylation sites (tertiary alicyclic amines) is 1. The zero-order valence-electron chi connectivity index (χ0n) is 10.7. The van der Waals surface area contributed by atoms with Crippen LogP contribution in [-0.4, -0.2) is 46.3 Å². The molecule has 1 aromatic carbocycles. The quantitative estimate of drug-likeness (QED) is 0.779. The lowest BCUT2D eigenvalue weighted by Crippen LogP contribution is -2.42. The fourth-order valence-corrected chi connectivity index (χ4v) is 2.24. The lowest BCUT2D eigenvalue weighted by molar-refractivity contribution is 0.0696. The van der Waals surface area contributed by atoms with E-state index in [1.807, 2.05) is 0 Å². The molecule has 7 heteroatoms. The first-order chi connectivity index (χ1) is 9.47. The summed E-state index contributed by atoms with van der Waals surface area (Å²) in [5.74, 6) is -1.15. The summed E-state index contributed by atoms with van der Waals surface area (Å²) >= 11 is 5.76. The molecule has 2 amide bonds. The van der Waals surface area contributed by atoms with Crippen molar-refractivity contribution >= 4 is 29.3 Å². The van der Waals surface area contributed by atoms with Crippen LogP contribution >= 0.6 is 11.6 Å². The highest BCUT2D eigenvalue weighted by Crippen LogP contribution is 2.21. The lowest BCUT2D eigenvalue weighted by Gasteiger charge is -2.29. The maximum absolute atomic E-state index is 12.0. The number of aliphatic hydroxyl groups excluding tert-OH is 1. The van der Waals surface area contributed by atoms with Crippen LogP contribution in [0.1, 0.15) is 23.2 Å². The van der Waals surface area contributed by atoms with E-state index in [0.717, 1.165) is 0 Å². The van der Waals surface area contributed by atoms with Gasteiger partial charge in [-0.25, -0.2) is 9.59 Å². The molecule has 1 fully saturated rings. The fourth-order valence-electron chi connectivity index (χ4n) is 2.04. The maximum Gasteiger partial charge on any atom is 0.337 e. The molecule has 6 nitrogen and oxygen atoms in total. The molecular formula is C13H15ClN2O4. The molecule has 0 aromatic heterocycles. The molecule has 0 aliphatic carbocycles. The number of anilines is 1. The number of piperidine rings is 1. The number of carboxylic acid groups (broad SMARTS) is 1. The Labute approximate surface area is 121 Å². The summed E-state index contributed by atoms with van der Waals surface area (Å²) in [5.41, 5.74) is 0.321. The Morgan fingerprint density at radius 3 is 2.55 bits per heavy atom. The van der Waals surface area contributed by atoms with Crippen LogP contribution in [0.5, 0.6) is 0 Å². The summed E-state index contributed by atoms with van der Waals surface area (Å²) in [6, 6.07) is 3.99. The largest absolute Gasteiger partial charge is 0.478 e. The van der Waals surface area contributed by atoms with Gasteiger partial charge in [-0.3, -0.25) is 0 Å². The number of hydrogen-bond acceptors (Lipinski definition) is 3. The van der Waals surface area contributed by atoms with Crippen LogP contribution < -0.4 is 5.32 Å². The first-order valence-corrected chi connectivity index (χ1v) is 6.62. The molecule has 1 aliphatic heterocycles. The Balaban J connectivity index is 2.04. The zero-order valence-corrected chi connectivity index (χ0v) is 11.4. The molecule has 1 aromatic rings. The van der Waals surface area contributed by atoms with Gasteiger partial charge in [0.15, 0.2) is 0 Å². The van der Waals surface area contributed by atoms with Gasteiger partial charge in [-0.1, -0.05) is 11.6 Å². The predicted molar refractivity (Wildman–Crippen MR) is 74.2 cm³/mol. The van der Waals surface area contributed by atoms with Crippen LogP contribution in [0.25, 0.3) is 0 Å². The molecule has 0 unspecified atom stereocenters. The van der Waals surface area contributed by atoms with E-state index in [9.17, 15) is 14.7 Å². The summed E-state index contributed by atoms with van der Waals surface area (Å²) in [4.78, 5) is 24.5. The second kappa shape index (κ2) is 6.11. The normalized spacial score (nSPS) is 16.0. The van der Waals surface area contributed by atoms with Crippen LogP contribution in [-0.2, 0) is 0 Å². The van der Waals surface area contributed by atoms with Gasteiger partial charge in [0.1, 0.15) is 0 Å². The first kappa shape index (κ1) is 14.6. The Morgan fingerprint density at radius 2 is 1.95 bits per heavy atom. The SMILES string of the molecule is O=C(O)c1cc(NC(=O)N2CCC(O)CC2)ccc1Cl. The van der Waals surface area contributed by atoms with Crippen molar-refractivity contribution in [2.75, 3.05) is 18.4 Å². The minimum atomic E-state index is -1.15. The Kier molecular flexibility index (Phi) is 4.46. The minimum Gasteiger partial charge on any atom is -0.478 e. The average molecular weight is 299 g/mol. The van der Waals surface area contributed by atoms with E-state index < -0.39 is 5.97 Å². The van der Waals surface area contributed by atoms with Crippen molar-refractivity contribution in [2.24, 2.45) is 0 Å². The number of carbonyl (C=O) groups excluding carboxylic acids is 1. The monoisotopic (exact) mass is 298 g/mol. The van der Waals surface area contributed by atoms with Crippen LogP contribution in [0, 0.1) is 0 Å². The van der Waals surface area contributed by atoms with E-state index in [1.54, 1.807) is 11.0 Å². The van der Waals surface area contributed by atoms with Gasteiger partial charge >= 0.3 is 12.0 Å². The molecule has 0 saturated carbocycles. The third-order valence-corrected chi connectivity index (χ3v) is 3.53. The molecule has 1 saturated heterocycles. The Hall–Kier alpha value is -1.79. The van der Waals surface area contributed by atoms with Crippen molar-refractivity contribution in [3.63, 3.8) is 0 Å². The molecule has 0 spiro atoms. The molecule has 1 heterocycles. The summed E-state index contributed by atoms with van der Waals surface area (Å²) in [5, 5.41) is 21.1. The highest BCUT2D eigenvalue weighted by molar-refractivity contribution is 6.33. The van der Waals surface area contributed by atoms with Crippen molar-refractivity contribution in [2.45, 2.75) is 18.9 Å². The van der Waals surface area contributed by atoms with Gasteiger partial charge in [0.05, 0.1) is 16.7 Å². The number of nitrogens with one attached hydrogen (secondary N) is 1. The number of nitrogens with zero attached hydrogens (tertiary/aromatic N) is 1. The molecule has 3 N–H and O–H groups in total. The van der Waals surface area contributed by atoms with Crippen molar-refractivity contribution < 1.29 is 19.8 Å². The van der Waals surface area contributed by atoms with Gasteiger partial charge in [-0.05, 0) is 31.0 Å². The Bertz CT molecular complexity index is 527. The van der Waals surface area contributed by atoms with Crippen molar-refractivity contribution in [3.05, 3.63) is 28.8 Å². The highest BCUT2D eigenvalue weighted by Gasteiger charge is 2.21. The molecule has 0 bridgehead atoms. The van der Waals surface area contributed by atoms with Gasteiger partial charge in [0, 0.05) is 18.8 Å². The number of halogens is 1. The van der Waals surface area contributed by atoms with Gasteiger partial charge in [-0.15, -0.1) is 0 Å². The van der Waals surface area contributed by atoms with Gasteiger partial charge < -0.3 is 20.4 Å². The van der Waals surface area contributed by atoms with Crippen LogP contribution in [0.4, 0.5) is 10.5 Å². The second-order valence-corrected chi connectivity index (χ2v) is 5.06. The van der Waals surface area contributed by atoms with Crippen molar-refractivity contribution in [3.8, 4) is 0 Å². The number of benzene rings is 1. The number of carbonyl (C=O) groups is 2. The molecule has 0 atom stereocenters. The number of urea groups is 1. The third kappa shape index (κ3) is 3.40. The van der Waals surface area contributed by atoms with E-state index in [1.165, 1.54) is 12.1 Å². The molecule has 20 heavy (non-hydrogen) atoms. The molecule has 108 valence electrons. The van der Waals surface area contributed by atoms with Crippen LogP contribution in [0.2, 0.25) is 5.02 Å². The van der Waals surface area contributed by atoms with E-state index in [4.69, 9.17) is 16.7 Å². The van der Waals surface area contributed by atoms with Crippen molar-refractivity contribution in [1.82, 2.24) is 4.90 Å². The number of amides is 2. The van der Waals surface area contributed by atoms with Crippen LogP contribution in [0.15, 0.2) is 18.2 Å². The van der Waals surface area contributed by atoms with E-state index in [0.29, 0.717) is 31.6 Å². The van der Waals surface area contributed by atoms with Gasteiger partial charge in [-0.2, -0.15) is 0 Å². The predicted octanol–water partition coefficient (Wildman–Crippen LogP) is 2.03. The maximum atomic E-state index is 12.0. The number of hydrogen-bond donors (Lipinski definition) is 3. The molecule has 0 radical (unpaired) electrons. The van der Waals surface area contributed by atoms with E-state index in [-0.39, 0.29) is 22.7 Å². The topological polar surface area (TPSA) is 89.9 Å². The zero-order chi connectivity index (χ0) is 14.7. The second-order valence-electron chi connectivity index (χ2n) is 4.65. The number of rotatable bonds is 2. The van der Waals surface area contributed by atoms with Crippen molar-refractivity contribution in [1.29, 1.82) is 0 Å². The number of aliphatic hydroxyl groups is 1. The summed E-state index contributed by atoms with van der Waals surface area (Å²) in [7, 11) is 0. The first-order valence-electron chi connectivity index (χ1n) is 6.24. The van der Waals surface area contributed by atoms with E-state index >= 15 is 0 Å². The standard InChI is InChI=1S/C13H15ClN2O4/c14-11-2-1-8(7-10(11)12(18)19)15-13(20)16-5-3-9(17)4-6-16/h1-2,7,9,17H,3-6H2,(H,15,20)(H,18,19). The highest BCUT2D eigenvalue weighted by atomic mass is 35.5. The Morgan fingerprint density at radius 1 is 1.30 bits per heavy atom. The molecular weight excluding hydrogens is 284 g/mol. The minimum absolute atomic E-state index is 0.0569. The molecule has 1 aliphatic rings. The summed E-state index contributed by atoms with van der Waals surface area (Å²) < 4.78 is 0. The lowest BCUT2D eigenvalue weighted by atomic mass is 10.1. The van der Waals surface area contributed by atoms with Gasteiger partial charge in [0.25, 0.3) is 0 Å². The summed E-state index contributed by atoms with van der Waals surface area (Å²) in [6.45, 7) is 0.957. The smallest absolute Gasteiger partial charge is 0.337 e. The average Bonchev–Trinajstić information content (AvgIpc) is 2.41. The van der Waals surface area contributed by atoms with Crippen LogP contribution in [0.3, 0.4) is 0 Å². The third-order valence-electron chi connectivity index (χ3n) is 3.20. The fraction of sp³-hybridized carbons (Fsp3) is 0.385. The number of aromatic carboxylic acids is 1. The van der Waals surface area contributed by atoms with E-state index in [2.05, 4.69) is 5.32 Å². The number of carboxylic acids is 1. The molecule has 2 rings (SSSR count). The van der Waals surface area contributed by atoms with Gasteiger partial charge in [0.2, 0.25) is 0 Å².